The summed E-state index contributed by atoms with van der Waals surface area (Å²) >= 11 is 0. The van der Waals surface area contributed by atoms with Crippen molar-refractivity contribution in [1.82, 2.24) is 5.32 Å². The number of hydrogen-bond acceptors (Lipinski definition) is 4. The Morgan fingerprint density at radius 1 is 1.33 bits per heavy atom. The van der Waals surface area contributed by atoms with Crippen molar-refractivity contribution in [1.29, 1.82) is 0 Å². The zero-order valence-electron chi connectivity index (χ0n) is 11.7. The molecule has 0 heterocycles. The molecular formula is C13H26N2O3. The van der Waals surface area contributed by atoms with E-state index in [4.69, 9.17) is 15.2 Å². The molecular weight excluding hydrogens is 232 g/mol. The van der Waals surface area contributed by atoms with E-state index < -0.39 is 5.60 Å². The third-order valence-corrected chi connectivity index (χ3v) is 3.52. The number of carbonyl (C=O) groups is 1. The predicted octanol–water partition coefficient (Wildman–Crippen LogP) is 0.814. The molecule has 0 aliphatic heterocycles. The highest BCUT2D eigenvalue weighted by atomic mass is 16.5. The van der Waals surface area contributed by atoms with Crippen LogP contribution in [0, 0.1) is 0 Å². The van der Waals surface area contributed by atoms with Gasteiger partial charge in [-0.2, -0.15) is 0 Å². The summed E-state index contributed by atoms with van der Waals surface area (Å²) in [5.41, 5.74) is 5.05. The fraction of sp³-hybridized carbons (Fsp3) is 0.923. The minimum Gasteiger partial charge on any atom is -0.376 e. The summed E-state index contributed by atoms with van der Waals surface area (Å²) < 4.78 is 10.8. The van der Waals surface area contributed by atoms with Crippen LogP contribution in [-0.2, 0) is 14.3 Å². The van der Waals surface area contributed by atoms with E-state index in [0.29, 0.717) is 25.3 Å². The van der Waals surface area contributed by atoms with Gasteiger partial charge in [-0.1, -0.05) is 0 Å². The summed E-state index contributed by atoms with van der Waals surface area (Å²) in [5, 5.41) is 2.81. The lowest BCUT2D eigenvalue weighted by Gasteiger charge is -2.26. The number of nitrogens with one attached hydrogen (secondary N) is 1. The second-order valence-electron chi connectivity index (χ2n) is 5.38. The van der Waals surface area contributed by atoms with Crippen molar-refractivity contribution in [3.63, 3.8) is 0 Å². The van der Waals surface area contributed by atoms with Gasteiger partial charge in [-0.25, -0.2) is 0 Å². The minimum atomic E-state index is -0.780. The van der Waals surface area contributed by atoms with E-state index in [1.807, 2.05) is 0 Å². The number of rotatable bonds is 6. The normalized spacial score (nSPS) is 24.9. The molecule has 0 aromatic heterocycles. The summed E-state index contributed by atoms with van der Waals surface area (Å²) in [6.07, 6.45) is 4.43. The Bertz CT molecular complexity index is 261. The first-order valence-electron chi connectivity index (χ1n) is 6.66. The van der Waals surface area contributed by atoms with Crippen LogP contribution in [0.1, 0.15) is 39.5 Å². The average Bonchev–Trinajstić information content (AvgIpc) is 2.36. The van der Waals surface area contributed by atoms with Crippen LogP contribution in [0.4, 0.5) is 0 Å². The van der Waals surface area contributed by atoms with E-state index in [0.717, 1.165) is 25.7 Å². The molecule has 0 saturated heterocycles. The molecule has 0 aromatic carbocycles. The third kappa shape index (κ3) is 4.92. The van der Waals surface area contributed by atoms with Crippen molar-refractivity contribution in [2.75, 3.05) is 20.3 Å². The van der Waals surface area contributed by atoms with Crippen LogP contribution < -0.4 is 11.1 Å². The summed E-state index contributed by atoms with van der Waals surface area (Å²) in [5.74, 6) is -0.112. The molecule has 0 unspecified atom stereocenters. The number of hydrogen-bond donors (Lipinski definition) is 2. The summed E-state index contributed by atoms with van der Waals surface area (Å²) in [6, 6.07) is 0.340. The lowest BCUT2D eigenvalue weighted by molar-refractivity contribution is -0.139. The SMILES string of the molecule is COC(C)(C)C(=O)NCCOC1CCC(N)CC1. The highest BCUT2D eigenvalue weighted by Crippen LogP contribution is 2.19. The van der Waals surface area contributed by atoms with Gasteiger partial charge < -0.3 is 20.5 Å². The lowest BCUT2D eigenvalue weighted by atomic mass is 9.94. The van der Waals surface area contributed by atoms with Gasteiger partial charge in [0.25, 0.3) is 5.91 Å². The van der Waals surface area contributed by atoms with Gasteiger partial charge in [0.1, 0.15) is 5.60 Å². The van der Waals surface area contributed by atoms with Gasteiger partial charge in [-0.3, -0.25) is 4.79 Å². The molecule has 1 saturated carbocycles. The van der Waals surface area contributed by atoms with Crippen LogP contribution in [0.25, 0.3) is 0 Å². The van der Waals surface area contributed by atoms with Crippen molar-refractivity contribution in [2.24, 2.45) is 5.73 Å². The molecule has 0 bridgehead atoms. The fourth-order valence-electron chi connectivity index (χ4n) is 1.95. The Balaban J connectivity index is 2.10. The first-order valence-corrected chi connectivity index (χ1v) is 6.66. The maximum Gasteiger partial charge on any atom is 0.251 e. The van der Waals surface area contributed by atoms with Crippen LogP contribution >= 0.6 is 0 Å². The third-order valence-electron chi connectivity index (χ3n) is 3.52. The number of amides is 1. The Kier molecular flexibility index (Phi) is 6.05. The Morgan fingerprint density at radius 3 is 2.50 bits per heavy atom. The van der Waals surface area contributed by atoms with Crippen molar-refractivity contribution in [3.05, 3.63) is 0 Å². The van der Waals surface area contributed by atoms with Crippen LogP contribution in [0.2, 0.25) is 0 Å². The highest BCUT2D eigenvalue weighted by Gasteiger charge is 2.26. The zero-order valence-corrected chi connectivity index (χ0v) is 11.7. The van der Waals surface area contributed by atoms with E-state index in [2.05, 4.69) is 5.32 Å². The molecule has 1 aliphatic carbocycles. The fourth-order valence-corrected chi connectivity index (χ4v) is 1.95. The molecule has 106 valence electrons. The summed E-state index contributed by atoms with van der Waals surface area (Å²) in [6.45, 7) is 4.55. The average molecular weight is 258 g/mol. The van der Waals surface area contributed by atoms with E-state index in [1.54, 1.807) is 13.8 Å². The summed E-state index contributed by atoms with van der Waals surface area (Å²) in [7, 11) is 1.53. The minimum absolute atomic E-state index is 0.112. The van der Waals surface area contributed by atoms with Gasteiger partial charge >= 0.3 is 0 Å². The first kappa shape index (κ1) is 15.4. The maximum absolute atomic E-state index is 11.7. The van der Waals surface area contributed by atoms with Gasteiger partial charge in [0.05, 0.1) is 12.7 Å². The number of ether oxygens (including phenoxy) is 2. The monoisotopic (exact) mass is 258 g/mol. The summed E-state index contributed by atoms with van der Waals surface area (Å²) in [4.78, 5) is 11.7. The van der Waals surface area contributed by atoms with Crippen molar-refractivity contribution >= 4 is 5.91 Å². The highest BCUT2D eigenvalue weighted by molar-refractivity contribution is 5.84. The standard InChI is InChI=1S/C13H26N2O3/c1-13(2,17-3)12(16)15-8-9-18-11-6-4-10(14)5-7-11/h10-11H,4-9,14H2,1-3H3,(H,15,16). The van der Waals surface area contributed by atoms with Gasteiger partial charge in [0.15, 0.2) is 0 Å². The van der Waals surface area contributed by atoms with Gasteiger partial charge in [0.2, 0.25) is 0 Å². The largest absolute Gasteiger partial charge is 0.376 e. The Hall–Kier alpha value is -0.650. The van der Waals surface area contributed by atoms with Crippen molar-refractivity contribution in [2.45, 2.75) is 57.3 Å². The van der Waals surface area contributed by atoms with Crippen LogP contribution in [0.3, 0.4) is 0 Å². The van der Waals surface area contributed by atoms with Crippen molar-refractivity contribution in [3.8, 4) is 0 Å². The Labute approximate surface area is 109 Å². The number of methoxy groups -OCH3 is 1. The van der Waals surface area contributed by atoms with E-state index in [1.165, 1.54) is 7.11 Å². The molecule has 5 heteroatoms. The lowest BCUT2D eigenvalue weighted by Crippen LogP contribution is -2.44. The van der Waals surface area contributed by atoms with Gasteiger partial charge in [-0.05, 0) is 39.5 Å². The predicted molar refractivity (Wildman–Crippen MR) is 70.3 cm³/mol. The molecule has 1 aliphatic rings. The maximum atomic E-state index is 11.7. The van der Waals surface area contributed by atoms with E-state index in [-0.39, 0.29) is 5.91 Å². The molecule has 1 fully saturated rings. The van der Waals surface area contributed by atoms with Gasteiger partial charge in [-0.15, -0.1) is 0 Å². The van der Waals surface area contributed by atoms with Crippen LogP contribution in [0.5, 0.6) is 0 Å². The molecule has 18 heavy (non-hydrogen) atoms. The molecule has 5 nitrogen and oxygen atoms in total. The topological polar surface area (TPSA) is 73.6 Å². The van der Waals surface area contributed by atoms with Gasteiger partial charge in [0, 0.05) is 19.7 Å². The first-order chi connectivity index (χ1) is 8.45. The molecule has 1 rings (SSSR count). The molecule has 0 atom stereocenters. The quantitative estimate of drug-likeness (QED) is 0.692. The van der Waals surface area contributed by atoms with Crippen LogP contribution in [-0.4, -0.2) is 43.9 Å². The number of carbonyl (C=O) groups excluding carboxylic acids is 1. The zero-order chi connectivity index (χ0) is 13.6. The van der Waals surface area contributed by atoms with E-state index >= 15 is 0 Å². The smallest absolute Gasteiger partial charge is 0.251 e. The molecule has 0 aromatic rings. The van der Waals surface area contributed by atoms with Crippen LogP contribution in [0.15, 0.2) is 0 Å². The molecule has 1 amide bonds. The van der Waals surface area contributed by atoms with E-state index in [9.17, 15) is 4.79 Å². The van der Waals surface area contributed by atoms with Crippen molar-refractivity contribution < 1.29 is 14.3 Å². The molecule has 3 N–H and O–H groups in total. The second-order valence-corrected chi connectivity index (χ2v) is 5.38. The molecule has 0 spiro atoms. The molecule has 0 radical (unpaired) electrons. The number of nitrogens with two attached hydrogens (primary N) is 1. The second kappa shape index (κ2) is 7.07. The Morgan fingerprint density at radius 2 is 1.94 bits per heavy atom.